The second-order valence-corrected chi connectivity index (χ2v) is 6.50. The molecule has 0 radical (unpaired) electrons. The standard InChI is InChI=1S/C17H26N2/c1-3-7-19-17(16-11-18-8-6-12(16)2)15-10-13-4-5-14(15)9-13/h6,8,11,13-15,17,19H,3-5,7,9-10H2,1-2H3. The van der Waals surface area contributed by atoms with Crippen LogP contribution in [0.2, 0.25) is 0 Å². The lowest BCUT2D eigenvalue weighted by Crippen LogP contribution is -2.32. The first kappa shape index (κ1) is 13.1. The van der Waals surface area contributed by atoms with Crippen LogP contribution in [0.5, 0.6) is 0 Å². The van der Waals surface area contributed by atoms with Crippen molar-refractivity contribution >= 4 is 0 Å². The van der Waals surface area contributed by atoms with Gasteiger partial charge in [0.15, 0.2) is 0 Å². The third-order valence-electron chi connectivity index (χ3n) is 5.25. The monoisotopic (exact) mass is 258 g/mol. The summed E-state index contributed by atoms with van der Waals surface area (Å²) in [5.41, 5.74) is 2.83. The van der Waals surface area contributed by atoms with Crippen LogP contribution in [0.25, 0.3) is 0 Å². The molecule has 2 heteroatoms. The number of pyridine rings is 1. The third kappa shape index (κ3) is 2.55. The zero-order valence-corrected chi connectivity index (χ0v) is 12.2. The Bertz CT molecular complexity index is 429. The summed E-state index contributed by atoms with van der Waals surface area (Å²) in [6, 6.07) is 2.69. The molecule has 0 spiro atoms. The fourth-order valence-electron chi connectivity index (χ4n) is 4.30. The molecule has 19 heavy (non-hydrogen) atoms. The summed E-state index contributed by atoms with van der Waals surface area (Å²) >= 11 is 0. The van der Waals surface area contributed by atoms with Gasteiger partial charge in [0.05, 0.1) is 0 Å². The Balaban J connectivity index is 1.83. The maximum atomic E-state index is 4.37. The number of hydrogen-bond acceptors (Lipinski definition) is 2. The van der Waals surface area contributed by atoms with Gasteiger partial charge in [-0.1, -0.05) is 13.3 Å². The largest absolute Gasteiger partial charge is 0.310 e. The summed E-state index contributed by atoms with van der Waals surface area (Å²) in [4.78, 5) is 4.37. The quantitative estimate of drug-likeness (QED) is 0.867. The van der Waals surface area contributed by atoms with E-state index in [1.54, 1.807) is 0 Å². The molecule has 0 aliphatic heterocycles. The molecule has 2 aliphatic carbocycles. The molecule has 0 aromatic carbocycles. The van der Waals surface area contributed by atoms with E-state index in [9.17, 15) is 0 Å². The summed E-state index contributed by atoms with van der Waals surface area (Å²) in [6.07, 6.45) is 11.1. The maximum absolute atomic E-state index is 4.37. The summed E-state index contributed by atoms with van der Waals surface area (Å²) in [7, 11) is 0. The highest BCUT2D eigenvalue weighted by molar-refractivity contribution is 5.26. The van der Waals surface area contributed by atoms with Crippen LogP contribution in [0, 0.1) is 24.7 Å². The smallest absolute Gasteiger partial charge is 0.0369 e. The van der Waals surface area contributed by atoms with Crippen molar-refractivity contribution in [2.75, 3.05) is 6.54 Å². The molecule has 1 heterocycles. The highest BCUT2D eigenvalue weighted by Gasteiger charge is 2.43. The molecule has 1 N–H and O–H groups in total. The van der Waals surface area contributed by atoms with Gasteiger partial charge >= 0.3 is 0 Å². The van der Waals surface area contributed by atoms with Gasteiger partial charge in [-0.2, -0.15) is 0 Å². The summed E-state index contributed by atoms with van der Waals surface area (Å²) in [5.74, 6) is 2.81. The zero-order chi connectivity index (χ0) is 13.2. The number of nitrogens with zero attached hydrogens (tertiary/aromatic N) is 1. The van der Waals surface area contributed by atoms with Crippen LogP contribution < -0.4 is 5.32 Å². The Labute approximate surface area is 117 Å². The highest BCUT2D eigenvalue weighted by atomic mass is 14.9. The van der Waals surface area contributed by atoms with E-state index in [4.69, 9.17) is 0 Å². The molecule has 104 valence electrons. The van der Waals surface area contributed by atoms with Crippen molar-refractivity contribution in [2.24, 2.45) is 17.8 Å². The van der Waals surface area contributed by atoms with E-state index in [-0.39, 0.29) is 0 Å². The van der Waals surface area contributed by atoms with Gasteiger partial charge in [-0.15, -0.1) is 0 Å². The first-order valence-electron chi connectivity index (χ1n) is 7.93. The number of hydrogen-bond donors (Lipinski definition) is 1. The van der Waals surface area contributed by atoms with Crippen molar-refractivity contribution in [3.8, 4) is 0 Å². The van der Waals surface area contributed by atoms with Crippen molar-refractivity contribution in [3.05, 3.63) is 29.6 Å². The van der Waals surface area contributed by atoms with Gasteiger partial charge < -0.3 is 5.32 Å². The molecule has 2 bridgehead atoms. The average molecular weight is 258 g/mol. The topological polar surface area (TPSA) is 24.9 Å². The number of nitrogens with one attached hydrogen (secondary N) is 1. The lowest BCUT2D eigenvalue weighted by Gasteiger charge is -2.32. The van der Waals surface area contributed by atoms with E-state index >= 15 is 0 Å². The van der Waals surface area contributed by atoms with E-state index in [1.165, 1.54) is 43.2 Å². The fraction of sp³-hybridized carbons (Fsp3) is 0.706. The summed E-state index contributed by atoms with van der Waals surface area (Å²) in [6.45, 7) is 5.60. The van der Waals surface area contributed by atoms with Crippen molar-refractivity contribution in [3.63, 3.8) is 0 Å². The predicted molar refractivity (Wildman–Crippen MR) is 78.9 cm³/mol. The predicted octanol–water partition coefficient (Wildman–Crippen LogP) is 3.87. The first-order valence-corrected chi connectivity index (χ1v) is 7.93. The Morgan fingerprint density at radius 3 is 2.89 bits per heavy atom. The SMILES string of the molecule is CCCNC(c1cnccc1C)C1CC2CCC1C2. The number of rotatable bonds is 5. The van der Waals surface area contributed by atoms with Crippen LogP contribution in [-0.2, 0) is 0 Å². The Kier molecular flexibility index (Phi) is 3.88. The normalized spacial score (nSPS) is 30.7. The van der Waals surface area contributed by atoms with Crippen LogP contribution in [0.4, 0.5) is 0 Å². The molecule has 4 unspecified atom stereocenters. The minimum absolute atomic E-state index is 0.531. The second-order valence-electron chi connectivity index (χ2n) is 6.50. The van der Waals surface area contributed by atoms with Gasteiger partial charge in [0, 0.05) is 18.4 Å². The number of fused-ring (bicyclic) bond motifs is 2. The minimum Gasteiger partial charge on any atom is -0.310 e. The molecule has 1 aromatic heterocycles. The van der Waals surface area contributed by atoms with Crippen LogP contribution >= 0.6 is 0 Å². The molecule has 4 atom stereocenters. The molecule has 2 nitrogen and oxygen atoms in total. The molecule has 0 amide bonds. The number of aryl methyl sites for hydroxylation is 1. The molecular formula is C17H26N2. The Hall–Kier alpha value is -0.890. The van der Waals surface area contributed by atoms with Gasteiger partial charge in [0.2, 0.25) is 0 Å². The Morgan fingerprint density at radius 2 is 2.26 bits per heavy atom. The van der Waals surface area contributed by atoms with Gasteiger partial charge in [-0.25, -0.2) is 0 Å². The third-order valence-corrected chi connectivity index (χ3v) is 5.25. The highest BCUT2D eigenvalue weighted by Crippen LogP contribution is 2.52. The average Bonchev–Trinajstić information content (AvgIpc) is 3.04. The summed E-state index contributed by atoms with van der Waals surface area (Å²) < 4.78 is 0. The molecule has 0 saturated heterocycles. The van der Waals surface area contributed by atoms with Crippen LogP contribution in [-0.4, -0.2) is 11.5 Å². The fourth-order valence-corrected chi connectivity index (χ4v) is 4.30. The van der Waals surface area contributed by atoms with E-state index in [0.29, 0.717) is 6.04 Å². The Morgan fingerprint density at radius 1 is 1.37 bits per heavy atom. The van der Waals surface area contributed by atoms with Crippen molar-refractivity contribution in [1.29, 1.82) is 0 Å². The second kappa shape index (κ2) is 5.62. The van der Waals surface area contributed by atoms with E-state index in [0.717, 1.165) is 24.3 Å². The van der Waals surface area contributed by atoms with E-state index in [1.807, 2.05) is 6.20 Å². The van der Waals surface area contributed by atoms with Crippen molar-refractivity contribution in [1.82, 2.24) is 10.3 Å². The first-order chi connectivity index (χ1) is 9.29. The number of aromatic nitrogens is 1. The van der Waals surface area contributed by atoms with Crippen LogP contribution in [0.3, 0.4) is 0 Å². The van der Waals surface area contributed by atoms with Gasteiger partial charge in [-0.3, -0.25) is 4.98 Å². The van der Waals surface area contributed by atoms with E-state index < -0.39 is 0 Å². The lowest BCUT2D eigenvalue weighted by molar-refractivity contribution is 0.250. The van der Waals surface area contributed by atoms with Gasteiger partial charge in [0.25, 0.3) is 0 Å². The van der Waals surface area contributed by atoms with E-state index in [2.05, 4.69) is 36.4 Å². The van der Waals surface area contributed by atoms with Gasteiger partial charge in [-0.05, 0) is 74.1 Å². The van der Waals surface area contributed by atoms with Crippen LogP contribution in [0.15, 0.2) is 18.5 Å². The maximum Gasteiger partial charge on any atom is 0.0369 e. The molecular weight excluding hydrogens is 232 g/mol. The van der Waals surface area contributed by atoms with Crippen LogP contribution in [0.1, 0.15) is 56.2 Å². The van der Waals surface area contributed by atoms with Crippen molar-refractivity contribution < 1.29 is 0 Å². The zero-order valence-electron chi connectivity index (χ0n) is 12.2. The van der Waals surface area contributed by atoms with Crippen molar-refractivity contribution in [2.45, 2.75) is 52.0 Å². The lowest BCUT2D eigenvalue weighted by atomic mass is 9.80. The summed E-state index contributed by atoms with van der Waals surface area (Å²) in [5, 5.41) is 3.81. The molecule has 2 fully saturated rings. The molecule has 2 saturated carbocycles. The molecule has 3 rings (SSSR count). The van der Waals surface area contributed by atoms with Gasteiger partial charge in [0.1, 0.15) is 0 Å². The minimum atomic E-state index is 0.531. The molecule has 2 aliphatic rings. The molecule has 1 aromatic rings.